The molecule has 3 aliphatic rings. The number of nitrogens with zero attached hydrogens (tertiary/aromatic N) is 5. The third-order valence-corrected chi connectivity index (χ3v) is 8.76. The summed E-state index contributed by atoms with van der Waals surface area (Å²) in [5.74, 6) is 0.749. The van der Waals surface area contributed by atoms with Crippen LogP contribution in [0.2, 0.25) is 0 Å². The highest BCUT2D eigenvalue weighted by atomic mass is 32.2. The zero-order valence-electron chi connectivity index (χ0n) is 22.9. The van der Waals surface area contributed by atoms with Gasteiger partial charge in [0.15, 0.2) is 5.17 Å². The van der Waals surface area contributed by atoms with E-state index < -0.39 is 0 Å². The van der Waals surface area contributed by atoms with Gasteiger partial charge in [-0.3, -0.25) is 9.69 Å². The first-order valence-corrected chi connectivity index (χ1v) is 14.9. The number of carbonyl (C=O) groups is 1. The molecule has 0 bridgehead atoms. The van der Waals surface area contributed by atoms with E-state index in [9.17, 15) is 4.79 Å². The number of fused-ring (bicyclic) bond motifs is 1. The average molecular weight is 562 g/mol. The van der Waals surface area contributed by atoms with Crippen LogP contribution in [0.25, 0.3) is 23.0 Å². The molecule has 1 aromatic heterocycles. The molecule has 7 rings (SSSR count). The Balaban J connectivity index is 1.12. The number of para-hydroxylation sites is 1. The molecule has 1 fully saturated rings. The number of amidine groups is 1. The van der Waals surface area contributed by atoms with Crippen LogP contribution in [0.3, 0.4) is 0 Å². The Hall–Kier alpha value is -4.14. The van der Waals surface area contributed by atoms with Gasteiger partial charge >= 0.3 is 0 Å². The van der Waals surface area contributed by atoms with Crippen LogP contribution in [0.1, 0.15) is 23.6 Å². The van der Waals surface area contributed by atoms with Crippen LogP contribution in [-0.2, 0) is 17.8 Å². The summed E-state index contributed by atoms with van der Waals surface area (Å²) in [4.78, 5) is 22.9. The van der Waals surface area contributed by atoms with Crippen LogP contribution in [0, 0.1) is 0 Å². The van der Waals surface area contributed by atoms with E-state index in [1.165, 1.54) is 22.9 Å². The van der Waals surface area contributed by atoms with Crippen LogP contribution < -0.4 is 4.74 Å². The highest BCUT2D eigenvalue weighted by Gasteiger charge is 2.29. The number of ether oxygens (including phenoxy) is 1. The Morgan fingerprint density at radius 2 is 1.73 bits per heavy atom. The molecule has 4 aromatic rings. The lowest BCUT2D eigenvalue weighted by molar-refractivity contribution is -0.113. The van der Waals surface area contributed by atoms with Gasteiger partial charge in [0.25, 0.3) is 5.91 Å². The van der Waals surface area contributed by atoms with Gasteiger partial charge in [0.05, 0.1) is 10.6 Å². The molecule has 0 saturated carbocycles. The fourth-order valence-corrected chi connectivity index (χ4v) is 6.57. The molecular formula is C33H31N5O2S. The predicted octanol–water partition coefficient (Wildman–Crippen LogP) is 5.65. The lowest BCUT2D eigenvalue weighted by Gasteiger charge is -2.35. The minimum atomic E-state index is -0.189. The number of carbonyl (C=O) groups excluding carboxylic acids is 1. The zero-order valence-corrected chi connectivity index (χ0v) is 23.8. The number of hydrogen-bond acceptors (Lipinski definition) is 6. The topological polar surface area (TPSA) is 63.0 Å². The van der Waals surface area contributed by atoms with Gasteiger partial charge in [0.2, 0.25) is 0 Å². The van der Waals surface area contributed by atoms with Gasteiger partial charge in [-0.25, -0.2) is 4.68 Å². The summed E-state index contributed by atoms with van der Waals surface area (Å²) in [5.41, 5.74) is 6.21. The summed E-state index contributed by atoms with van der Waals surface area (Å²) >= 11 is 1.47. The van der Waals surface area contributed by atoms with Crippen molar-refractivity contribution in [1.82, 2.24) is 19.6 Å². The molecule has 8 heteroatoms. The Morgan fingerprint density at radius 3 is 2.51 bits per heavy atom. The van der Waals surface area contributed by atoms with E-state index >= 15 is 0 Å². The number of benzene rings is 3. The van der Waals surface area contributed by atoms with Crippen LogP contribution >= 0.6 is 11.8 Å². The largest absolute Gasteiger partial charge is 0.490 e. The highest BCUT2D eigenvalue weighted by Crippen LogP contribution is 2.36. The molecule has 0 aliphatic carbocycles. The van der Waals surface area contributed by atoms with Gasteiger partial charge in [0, 0.05) is 56.5 Å². The lowest BCUT2D eigenvalue weighted by Crippen LogP contribution is -2.47. The molecular weight excluding hydrogens is 530 g/mol. The molecule has 206 valence electrons. The summed E-state index contributed by atoms with van der Waals surface area (Å²) in [6, 6.07) is 26.9. The van der Waals surface area contributed by atoms with Gasteiger partial charge in [0.1, 0.15) is 17.5 Å². The van der Waals surface area contributed by atoms with Gasteiger partial charge in [-0.05, 0) is 66.2 Å². The second-order valence-electron chi connectivity index (χ2n) is 10.7. The van der Waals surface area contributed by atoms with E-state index in [-0.39, 0.29) is 12.0 Å². The fourth-order valence-electron chi connectivity index (χ4n) is 5.61. The van der Waals surface area contributed by atoms with Gasteiger partial charge in [-0.2, -0.15) is 10.1 Å². The summed E-state index contributed by atoms with van der Waals surface area (Å²) in [6.07, 6.45) is 5.00. The first kappa shape index (κ1) is 25.8. The molecule has 4 heterocycles. The number of piperazine rings is 1. The summed E-state index contributed by atoms with van der Waals surface area (Å²) < 4.78 is 7.80. The minimum Gasteiger partial charge on any atom is -0.490 e. The smallest absolute Gasteiger partial charge is 0.286 e. The van der Waals surface area contributed by atoms with Crippen LogP contribution in [-0.4, -0.2) is 62.9 Å². The number of amides is 1. The lowest BCUT2D eigenvalue weighted by atomic mass is 10.0. The maximum atomic E-state index is 13.1. The van der Waals surface area contributed by atoms with Crippen LogP contribution in [0.4, 0.5) is 0 Å². The number of thioether (sulfide) groups is 1. The van der Waals surface area contributed by atoms with Crippen molar-refractivity contribution < 1.29 is 9.53 Å². The Morgan fingerprint density at radius 1 is 0.976 bits per heavy atom. The van der Waals surface area contributed by atoms with Gasteiger partial charge in [-0.15, -0.1) is 0 Å². The zero-order chi connectivity index (χ0) is 27.8. The number of hydrogen-bond donors (Lipinski definition) is 0. The van der Waals surface area contributed by atoms with Crippen molar-refractivity contribution in [2.75, 3.05) is 26.2 Å². The monoisotopic (exact) mass is 561 g/mol. The van der Waals surface area contributed by atoms with Crippen molar-refractivity contribution in [1.29, 1.82) is 0 Å². The molecule has 0 unspecified atom stereocenters. The van der Waals surface area contributed by atoms with Crippen molar-refractivity contribution in [2.24, 2.45) is 4.99 Å². The van der Waals surface area contributed by atoms with E-state index in [1.54, 1.807) is 0 Å². The molecule has 7 nitrogen and oxygen atoms in total. The number of rotatable bonds is 5. The average Bonchev–Trinajstić information content (AvgIpc) is 3.70. The summed E-state index contributed by atoms with van der Waals surface area (Å²) in [7, 11) is 0. The van der Waals surface area contributed by atoms with Crippen LogP contribution in [0.15, 0.2) is 95.0 Å². The standard InChI is InChI=1S/C33H31N5O2S/c1-23-18-26-19-25(12-13-29(26)40-23)31-27(22-38(35-31)28-10-6-3-7-11-28)20-30-32(39)34-33(41-30)37-16-14-36(15-17-37)21-24-8-4-2-5-9-24/h2-13,19-20,22-23H,14-18,21H2,1H3/b30-20-/t23-/m1/s1. The fraction of sp³-hybridized carbons (Fsp3) is 0.242. The Bertz CT molecular complexity index is 1640. The van der Waals surface area contributed by atoms with Crippen molar-refractivity contribution in [3.8, 4) is 22.7 Å². The Labute approximate surface area is 244 Å². The molecule has 3 aliphatic heterocycles. The van der Waals surface area contributed by atoms with Crippen molar-refractivity contribution in [2.45, 2.75) is 26.0 Å². The van der Waals surface area contributed by atoms with E-state index in [1.807, 2.05) is 53.4 Å². The third kappa shape index (κ3) is 5.45. The second kappa shape index (κ2) is 11.0. The SMILES string of the molecule is C[C@@H]1Cc2cc(-c3nn(-c4ccccc4)cc3/C=C3\SC(N4CCN(Cc5ccccc5)CC4)=NC3=O)ccc2O1. The van der Waals surface area contributed by atoms with Gasteiger partial charge < -0.3 is 9.64 Å². The summed E-state index contributed by atoms with van der Waals surface area (Å²) in [6.45, 7) is 6.62. The molecule has 1 amide bonds. The Kier molecular flexibility index (Phi) is 6.94. The van der Waals surface area contributed by atoms with Crippen LogP contribution in [0.5, 0.6) is 5.75 Å². The minimum absolute atomic E-state index is 0.173. The van der Waals surface area contributed by atoms with Gasteiger partial charge in [-0.1, -0.05) is 48.5 Å². The maximum absolute atomic E-state index is 13.1. The van der Waals surface area contributed by atoms with Crippen molar-refractivity contribution in [3.63, 3.8) is 0 Å². The highest BCUT2D eigenvalue weighted by molar-refractivity contribution is 8.18. The third-order valence-electron chi connectivity index (χ3n) is 7.72. The maximum Gasteiger partial charge on any atom is 0.286 e. The molecule has 0 spiro atoms. The second-order valence-corrected chi connectivity index (χ2v) is 11.7. The van der Waals surface area contributed by atoms with Crippen molar-refractivity contribution in [3.05, 3.63) is 107 Å². The van der Waals surface area contributed by atoms with Crippen molar-refractivity contribution >= 4 is 28.9 Å². The molecule has 0 N–H and O–H groups in total. The van der Waals surface area contributed by atoms with E-state index in [4.69, 9.17) is 9.84 Å². The van der Waals surface area contributed by atoms with E-state index in [0.717, 1.165) is 72.6 Å². The molecule has 1 saturated heterocycles. The number of aromatic nitrogens is 2. The molecule has 41 heavy (non-hydrogen) atoms. The molecule has 1 atom stereocenters. The number of aliphatic imine (C=N–C) groups is 1. The first-order chi connectivity index (χ1) is 20.1. The quantitative estimate of drug-likeness (QED) is 0.294. The normalized spacial score (nSPS) is 19.9. The predicted molar refractivity (Wildman–Crippen MR) is 164 cm³/mol. The molecule has 0 radical (unpaired) electrons. The van der Waals surface area contributed by atoms with E-state index in [0.29, 0.717) is 4.91 Å². The van der Waals surface area contributed by atoms with E-state index in [2.05, 4.69) is 64.2 Å². The summed E-state index contributed by atoms with van der Waals surface area (Å²) in [5, 5.41) is 5.76. The first-order valence-electron chi connectivity index (χ1n) is 14.1. The molecule has 3 aromatic carbocycles.